The normalized spacial score (nSPS) is 11.7. The molecular weight excluding hydrogens is 395 g/mol. The summed E-state index contributed by atoms with van der Waals surface area (Å²) in [5.74, 6) is -0.0336. The van der Waals surface area contributed by atoms with E-state index in [2.05, 4.69) is 27.9 Å². The molecule has 2 aromatic rings. The number of hydrogen-bond acceptors (Lipinski definition) is 3. The summed E-state index contributed by atoms with van der Waals surface area (Å²) in [6, 6.07) is 16.0. The summed E-state index contributed by atoms with van der Waals surface area (Å²) in [6.07, 6.45) is 0.641. The lowest BCUT2D eigenvalue weighted by Gasteiger charge is -2.11. The molecule has 0 aliphatic heterocycles. The van der Waals surface area contributed by atoms with Crippen LogP contribution in [-0.2, 0) is 11.2 Å². The molecular formula is C16H15IN2O3. The second-order valence-electron chi connectivity index (χ2n) is 4.74. The van der Waals surface area contributed by atoms with Crippen molar-refractivity contribution in [3.63, 3.8) is 0 Å². The summed E-state index contributed by atoms with van der Waals surface area (Å²) in [6.45, 7) is 0.503. The molecule has 0 heterocycles. The van der Waals surface area contributed by atoms with Crippen molar-refractivity contribution in [3.05, 3.63) is 75.8 Å². The zero-order valence-corrected chi connectivity index (χ0v) is 13.9. The SMILES string of the molecule is O=C(NCCc1ccc([N+](=O)[O-])cc1)C(I)c1ccccc1. The third-order valence-corrected chi connectivity index (χ3v) is 4.47. The molecule has 0 spiro atoms. The van der Waals surface area contributed by atoms with E-state index in [-0.39, 0.29) is 15.5 Å². The number of non-ortho nitro benzene ring substituents is 1. The van der Waals surface area contributed by atoms with Gasteiger partial charge in [-0.25, -0.2) is 0 Å². The highest BCUT2D eigenvalue weighted by molar-refractivity contribution is 14.1. The Labute approximate surface area is 142 Å². The lowest BCUT2D eigenvalue weighted by Crippen LogP contribution is -2.28. The van der Waals surface area contributed by atoms with Crippen LogP contribution >= 0.6 is 22.6 Å². The number of nitrogens with zero attached hydrogens (tertiary/aromatic N) is 1. The minimum atomic E-state index is -0.425. The molecule has 0 aliphatic rings. The molecule has 2 rings (SSSR count). The molecule has 0 aliphatic carbocycles. The first-order chi connectivity index (χ1) is 10.6. The van der Waals surface area contributed by atoms with Crippen LogP contribution in [0.5, 0.6) is 0 Å². The van der Waals surface area contributed by atoms with Gasteiger partial charge < -0.3 is 5.32 Å². The van der Waals surface area contributed by atoms with E-state index in [1.54, 1.807) is 12.1 Å². The van der Waals surface area contributed by atoms with Gasteiger partial charge in [0.05, 0.1) is 4.92 Å². The maximum atomic E-state index is 12.1. The van der Waals surface area contributed by atoms with Crippen LogP contribution in [0.25, 0.3) is 0 Å². The molecule has 2 aromatic carbocycles. The topological polar surface area (TPSA) is 72.2 Å². The Morgan fingerprint density at radius 2 is 1.77 bits per heavy atom. The molecule has 114 valence electrons. The first-order valence-corrected chi connectivity index (χ1v) is 8.02. The molecule has 6 heteroatoms. The molecule has 22 heavy (non-hydrogen) atoms. The summed E-state index contributed by atoms with van der Waals surface area (Å²) in [4.78, 5) is 22.2. The van der Waals surface area contributed by atoms with E-state index in [0.29, 0.717) is 13.0 Å². The van der Waals surface area contributed by atoms with Gasteiger partial charge in [0, 0.05) is 18.7 Å². The van der Waals surface area contributed by atoms with Gasteiger partial charge in [0.2, 0.25) is 5.91 Å². The van der Waals surface area contributed by atoms with Crippen LogP contribution in [0.4, 0.5) is 5.69 Å². The van der Waals surface area contributed by atoms with Crippen LogP contribution in [0.3, 0.4) is 0 Å². The Balaban J connectivity index is 1.83. The fraction of sp³-hybridized carbons (Fsp3) is 0.188. The second-order valence-corrected chi connectivity index (χ2v) is 5.98. The first kappa shape index (κ1) is 16.4. The third-order valence-electron chi connectivity index (χ3n) is 3.18. The fourth-order valence-corrected chi connectivity index (χ4v) is 2.61. The molecule has 0 saturated heterocycles. The van der Waals surface area contributed by atoms with Crippen molar-refractivity contribution in [1.82, 2.24) is 5.32 Å². The van der Waals surface area contributed by atoms with E-state index >= 15 is 0 Å². The molecule has 0 bridgehead atoms. The van der Waals surface area contributed by atoms with E-state index in [9.17, 15) is 14.9 Å². The Bertz CT molecular complexity index is 644. The number of nitro benzene ring substituents is 1. The molecule has 0 aromatic heterocycles. The molecule has 1 amide bonds. The zero-order chi connectivity index (χ0) is 15.9. The number of nitro groups is 1. The van der Waals surface area contributed by atoms with Gasteiger partial charge in [0.25, 0.3) is 5.69 Å². The molecule has 1 unspecified atom stereocenters. The predicted molar refractivity (Wildman–Crippen MR) is 93.0 cm³/mol. The zero-order valence-electron chi connectivity index (χ0n) is 11.7. The number of benzene rings is 2. The third kappa shape index (κ3) is 4.52. The van der Waals surface area contributed by atoms with Gasteiger partial charge in [0.1, 0.15) is 3.92 Å². The van der Waals surface area contributed by atoms with Crippen molar-refractivity contribution >= 4 is 34.2 Å². The molecule has 1 atom stereocenters. The van der Waals surface area contributed by atoms with E-state index in [1.165, 1.54) is 12.1 Å². The van der Waals surface area contributed by atoms with Gasteiger partial charge in [-0.1, -0.05) is 65.1 Å². The minimum Gasteiger partial charge on any atom is -0.355 e. The van der Waals surface area contributed by atoms with Crippen LogP contribution in [-0.4, -0.2) is 17.4 Å². The highest BCUT2D eigenvalue weighted by Gasteiger charge is 2.15. The van der Waals surface area contributed by atoms with Crippen molar-refractivity contribution in [3.8, 4) is 0 Å². The smallest absolute Gasteiger partial charge is 0.269 e. The van der Waals surface area contributed by atoms with Crippen molar-refractivity contribution in [2.45, 2.75) is 10.3 Å². The molecule has 5 nitrogen and oxygen atoms in total. The second kappa shape index (κ2) is 7.88. The summed E-state index contributed by atoms with van der Waals surface area (Å²) in [7, 11) is 0. The van der Waals surface area contributed by atoms with Crippen molar-refractivity contribution in [2.75, 3.05) is 6.54 Å². The predicted octanol–water partition coefficient (Wildman–Crippen LogP) is 3.43. The Morgan fingerprint density at radius 3 is 2.36 bits per heavy atom. The van der Waals surface area contributed by atoms with Gasteiger partial charge in [-0.15, -0.1) is 0 Å². The number of hydrogen-bond donors (Lipinski definition) is 1. The van der Waals surface area contributed by atoms with Crippen LogP contribution < -0.4 is 5.32 Å². The molecule has 0 radical (unpaired) electrons. The fourth-order valence-electron chi connectivity index (χ4n) is 1.98. The van der Waals surface area contributed by atoms with Gasteiger partial charge in [-0.2, -0.15) is 0 Å². The van der Waals surface area contributed by atoms with Crippen molar-refractivity contribution < 1.29 is 9.72 Å². The number of amides is 1. The number of nitrogens with one attached hydrogen (secondary N) is 1. The standard InChI is InChI=1S/C16H15IN2O3/c17-15(13-4-2-1-3-5-13)16(20)18-11-10-12-6-8-14(9-7-12)19(21)22/h1-9,15H,10-11H2,(H,18,20). The van der Waals surface area contributed by atoms with Crippen molar-refractivity contribution in [2.24, 2.45) is 0 Å². The highest BCUT2D eigenvalue weighted by atomic mass is 127. The maximum absolute atomic E-state index is 12.1. The Hall–Kier alpha value is -1.96. The Kier molecular flexibility index (Phi) is 5.88. The lowest BCUT2D eigenvalue weighted by molar-refractivity contribution is -0.384. The number of carbonyl (C=O) groups is 1. The summed E-state index contributed by atoms with van der Waals surface area (Å²) < 4.78 is -0.226. The van der Waals surface area contributed by atoms with Crippen molar-refractivity contribution in [1.29, 1.82) is 0 Å². The Morgan fingerprint density at radius 1 is 1.14 bits per heavy atom. The first-order valence-electron chi connectivity index (χ1n) is 6.78. The van der Waals surface area contributed by atoms with Crippen LogP contribution in [0.1, 0.15) is 15.1 Å². The van der Waals surface area contributed by atoms with E-state index in [1.807, 2.05) is 30.3 Å². The number of halogens is 1. The highest BCUT2D eigenvalue weighted by Crippen LogP contribution is 2.22. The van der Waals surface area contributed by atoms with Crippen LogP contribution in [0, 0.1) is 10.1 Å². The molecule has 0 saturated carbocycles. The number of rotatable bonds is 6. The van der Waals surface area contributed by atoms with E-state index in [4.69, 9.17) is 0 Å². The van der Waals surface area contributed by atoms with Gasteiger partial charge >= 0.3 is 0 Å². The largest absolute Gasteiger partial charge is 0.355 e. The van der Waals surface area contributed by atoms with Crippen LogP contribution in [0.15, 0.2) is 54.6 Å². The average Bonchev–Trinajstić information content (AvgIpc) is 2.55. The van der Waals surface area contributed by atoms with Gasteiger partial charge in [-0.05, 0) is 17.5 Å². The van der Waals surface area contributed by atoms with Gasteiger partial charge in [0.15, 0.2) is 0 Å². The number of alkyl halides is 1. The summed E-state index contributed by atoms with van der Waals surface area (Å²) >= 11 is 2.11. The monoisotopic (exact) mass is 410 g/mol. The minimum absolute atomic E-state index is 0.0336. The van der Waals surface area contributed by atoms with E-state index in [0.717, 1.165) is 11.1 Å². The molecule has 0 fully saturated rings. The number of carbonyl (C=O) groups excluding carboxylic acids is 1. The van der Waals surface area contributed by atoms with Crippen LogP contribution in [0.2, 0.25) is 0 Å². The summed E-state index contributed by atoms with van der Waals surface area (Å²) in [5, 5.41) is 13.5. The average molecular weight is 410 g/mol. The lowest BCUT2D eigenvalue weighted by atomic mass is 10.1. The van der Waals surface area contributed by atoms with Gasteiger partial charge in [-0.3, -0.25) is 14.9 Å². The maximum Gasteiger partial charge on any atom is 0.269 e. The quantitative estimate of drug-likeness (QED) is 0.343. The summed E-state index contributed by atoms with van der Waals surface area (Å²) in [5.41, 5.74) is 2.00. The molecule has 1 N–H and O–H groups in total. The van der Waals surface area contributed by atoms with E-state index < -0.39 is 4.92 Å².